The minimum atomic E-state index is -3.53. The van der Waals surface area contributed by atoms with Crippen LogP contribution in [0, 0.1) is 0 Å². The van der Waals surface area contributed by atoms with Gasteiger partial charge in [0, 0.05) is 26.2 Å². The molecule has 0 saturated heterocycles. The van der Waals surface area contributed by atoms with Crippen molar-refractivity contribution < 1.29 is 17.9 Å². The normalized spacial score (nSPS) is 12.4. The minimum Gasteiger partial charge on any atom is -0.469 e. The van der Waals surface area contributed by atoms with Crippen LogP contribution in [0.4, 0.5) is 0 Å². The second kappa shape index (κ2) is 9.28. The molecule has 0 rings (SSSR count). The Kier molecular flexibility index (Phi) is 8.95. The van der Waals surface area contributed by atoms with Crippen molar-refractivity contribution in [3.63, 3.8) is 0 Å². The quantitative estimate of drug-likeness (QED) is 0.455. The number of methoxy groups -OCH3 is 1. The summed E-state index contributed by atoms with van der Waals surface area (Å²) in [5.41, 5.74) is 0. The largest absolute Gasteiger partial charge is 0.469 e. The van der Waals surface area contributed by atoms with Crippen molar-refractivity contribution in [2.24, 2.45) is 0 Å². The van der Waals surface area contributed by atoms with Gasteiger partial charge in [0.05, 0.1) is 13.5 Å². The molecule has 0 saturated carbocycles. The van der Waals surface area contributed by atoms with Gasteiger partial charge in [0.1, 0.15) is 0 Å². The topological polar surface area (TPSA) is 78.9 Å². The minimum absolute atomic E-state index is 0.0456. The molecule has 0 aliphatic rings. The van der Waals surface area contributed by atoms with E-state index in [1.807, 2.05) is 7.05 Å². The van der Waals surface area contributed by atoms with Crippen molar-refractivity contribution in [3.8, 4) is 0 Å². The van der Waals surface area contributed by atoms with E-state index in [0.717, 1.165) is 17.3 Å². The fourth-order valence-corrected chi connectivity index (χ4v) is 2.32. The molecule has 0 aromatic rings. The molecule has 0 aliphatic heterocycles. The summed E-state index contributed by atoms with van der Waals surface area (Å²) in [6, 6.07) is 0.439. The lowest BCUT2D eigenvalue weighted by Gasteiger charge is -2.21. The summed E-state index contributed by atoms with van der Waals surface area (Å²) in [5, 5.41) is 0. The van der Waals surface area contributed by atoms with E-state index in [4.69, 9.17) is 0 Å². The average molecular weight is 309 g/mol. The van der Waals surface area contributed by atoms with E-state index in [1.54, 1.807) is 0 Å². The Bertz CT molecular complexity index is 384. The summed E-state index contributed by atoms with van der Waals surface area (Å²) in [6.07, 6.45) is 0.781. The summed E-state index contributed by atoms with van der Waals surface area (Å²) >= 11 is 0. The van der Waals surface area contributed by atoms with E-state index < -0.39 is 16.2 Å². The van der Waals surface area contributed by atoms with E-state index in [9.17, 15) is 13.2 Å². The van der Waals surface area contributed by atoms with Crippen LogP contribution in [0.1, 0.15) is 26.7 Å². The summed E-state index contributed by atoms with van der Waals surface area (Å²) in [4.78, 5) is 13.1. The molecule has 0 aromatic carbocycles. The summed E-state index contributed by atoms with van der Waals surface area (Å²) < 4.78 is 31.8. The summed E-state index contributed by atoms with van der Waals surface area (Å²) in [6.45, 7) is 5.48. The van der Waals surface area contributed by atoms with Gasteiger partial charge in [-0.15, -0.1) is 0 Å². The van der Waals surface area contributed by atoms with Gasteiger partial charge in [0.2, 0.25) is 0 Å². The zero-order chi connectivity index (χ0) is 15.8. The van der Waals surface area contributed by atoms with E-state index in [1.165, 1.54) is 14.2 Å². The van der Waals surface area contributed by atoms with Crippen LogP contribution in [0.2, 0.25) is 0 Å². The van der Waals surface area contributed by atoms with Gasteiger partial charge in [-0.25, -0.2) is 4.72 Å². The third-order valence-corrected chi connectivity index (χ3v) is 4.69. The van der Waals surface area contributed by atoms with Gasteiger partial charge in [-0.1, -0.05) is 0 Å². The van der Waals surface area contributed by atoms with E-state index >= 15 is 0 Å². The maximum absolute atomic E-state index is 11.9. The molecule has 1 N–H and O–H groups in total. The van der Waals surface area contributed by atoms with Gasteiger partial charge in [0.25, 0.3) is 10.2 Å². The Labute approximate surface area is 122 Å². The first kappa shape index (κ1) is 19.3. The van der Waals surface area contributed by atoms with Crippen molar-refractivity contribution in [1.82, 2.24) is 13.9 Å². The highest BCUT2D eigenvalue weighted by Crippen LogP contribution is 1.98. The Balaban J connectivity index is 4.03. The molecular weight excluding hydrogens is 282 g/mol. The molecule has 0 aliphatic carbocycles. The molecule has 20 heavy (non-hydrogen) atoms. The van der Waals surface area contributed by atoms with Crippen LogP contribution in [0.5, 0.6) is 0 Å². The molecule has 0 radical (unpaired) electrons. The number of nitrogens with one attached hydrogen (secondary N) is 1. The smallest absolute Gasteiger partial charge is 0.306 e. The molecule has 0 bridgehead atoms. The second-order valence-electron chi connectivity index (χ2n) is 4.97. The van der Waals surface area contributed by atoms with Crippen LogP contribution >= 0.6 is 0 Å². The molecular formula is C12H27N3O4S. The Morgan fingerprint density at radius 3 is 2.35 bits per heavy atom. The summed E-state index contributed by atoms with van der Waals surface area (Å²) in [7, 11) is 1.19. The van der Waals surface area contributed by atoms with Gasteiger partial charge < -0.3 is 9.64 Å². The Morgan fingerprint density at radius 1 is 1.25 bits per heavy atom. The SMILES string of the molecule is COC(=O)CCN(C)S(=O)(=O)NCCCN(C)C(C)C. The van der Waals surface area contributed by atoms with Crippen LogP contribution in [-0.2, 0) is 19.7 Å². The maximum atomic E-state index is 11.9. The van der Waals surface area contributed by atoms with Gasteiger partial charge >= 0.3 is 5.97 Å². The molecule has 0 atom stereocenters. The van der Waals surface area contributed by atoms with E-state index in [-0.39, 0.29) is 13.0 Å². The lowest BCUT2D eigenvalue weighted by Crippen LogP contribution is -2.40. The molecule has 0 heterocycles. The monoisotopic (exact) mass is 309 g/mol. The number of carbonyl (C=O) groups is 1. The molecule has 0 fully saturated rings. The zero-order valence-corrected chi connectivity index (χ0v) is 13.9. The van der Waals surface area contributed by atoms with E-state index in [2.05, 4.69) is 28.2 Å². The number of ether oxygens (including phenoxy) is 1. The van der Waals surface area contributed by atoms with Crippen LogP contribution in [0.3, 0.4) is 0 Å². The third kappa shape index (κ3) is 7.78. The van der Waals surface area contributed by atoms with Crippen molar-refractivity contribution in [2.45, 2.75) is 32.7 Å². The molecule has 0 amide bonds. The number of carbonyl (C=O) groups excluding carboxylic acids is 1. The van der Waals surface area contributed by atoms with Crippen molar-refractivity contribution >= 4 is 16.2 Å². The molecule has 8 heteroatoms. The second-order valence-corrected chi connectivity index (χ2v) is 6.84. The van der Waals surface area contributed by atoms with Crippen molar-refractivity contribution in [3.05, 3.63) is 0 Å². The van der Waals surface area contributed by atoms with Gasteiger partial charge in [-0.05, 0) is 33.9 Å². The number of rotatable bonds is 10. The lowest BCUT2D eigenvalue weighted by atomic mass is 10.3. The third-order valence-electron chi connectivity index (χ3n) is 3.12. The zero-order valence-electron chi connectivity index (χ0n) is 13.0. The number of hydrogen-bond donors (Lipinski definition) is 1. The molecule has 120 valence electrons. The van der Waals surface area contributed by atoms with Crippen molar-refractivity contribution in [2.75, 3.05) is 40.8 Å². The maximum Gasteiger partial charge on any atom is 0.306 e. The predicted molar refractivity (Wildman–Crippen MR) is 78.6 cm³/mol. The lowest BCUT2D eigenvalue weighted by molar-refractivity contribution is -0.140. The Morgan fingerprint density at radius 2 is 1.85 bits per heavy atom. The highest BCUT2D eigenvalue weighted by molar-refractivity contribution is 7.87. The van der Waals surface area contributed by atoms with Crippen LogP contribution in [-0.4, -0.2) is 70.5 Å². The van der Waals surface area contributed by atoms with Gasteiger partial charge in [-0.2, -0.15) is 12.7 Å². The number of hydrogen-bond acceptors (Lipinski definition) is 5. The molecule has 0 unspecified atom stereocenters. The molecule has 7 nitrogen and oxygen atoms in total. The van der Waals surface area contributed by atoms with E-state index in [0.29, 0.717) is 12.6 Å². The molecule has 0 spiro atoms. The van der Waals surface area contributed by atoms with Gasteiger partial charge in [0.15, 0.2) is 0 Å². The van der Waals surface area contributed by atoms with Crippen LogP contribution in [0.25, 0.3) is 0 Å². The molecule has 0 aromatic heterocycles. The highest BCUT2D eigenvalue weighted by atomic mass is 32.2. The van der Waals surface area contributed by atoms with Crippen LogP contribution in [0.15, 0.2) is 0 Å². The summed E-state index contributed by atoms with van der Waals surface area (Å²) in [5.74, 6) is -0.425. The Hall–Kier alpha value is -0.700. The van der Waals surface area contributed by atoms with Crippen molar-refractivity contribution in [1.29, 1.82) is 0 Å². The average Bonchev–Trinajstić information content (AvgIpc) is 2.39. The predicted octanol–water partition coefficient (Wildman–Crippen LogP) is 0.0460. The first-order valence-electron chi connectivity index (χ1n) is 6.68. The first-order chi connectivity index (χ1) is 9.20. The standard InChI is InChI=1S/C12H27N3O4S/c1-11(2)14(3)9-6-8-13-20(17,18)15(4)10-7-12(16)19-5/h11,13H,6-10H2,1-5H3. The number of esters is 1. The van der Waals surface area contributed by atoms with Crippen LogP contribution < -0.4 is 4.72 Å². The van der Waals surface area contributed by atoms with Gasteiger partial charge in [-0.3, -0.25) is 4.79 Å². The fourth-order valence-electron chi connectivity index (χ4n) is 1.37. The first-order valence-corrected chi connectivity index (χ1v) is 8.12. The number of nitrogens with zero attached hydrogens (tertiary/aromatic N) is 2. The highest BCUT2D eigenvalue weighted by Gasteiger charge is 2.17. The fraction of sp³-hybridized carbons (Fsp3) is 0.917.